The maximum Gasteiger partial charge on any atom is 0.247 e. The first-order chi connectivity index (χ1) is 11.6. The second kappa shape index (κ2) is 5.03. The Hall–Kier alpha value is -1.94. The Labute approximate surface area is 142 Å². The highest BCUT2D eigenvalue weighted by Crippen LogP contribution is 2.60. The van der Waals surface area contributed by atoms with Gasteiger partial charge in [-0.3, -0.25) is 9.78 Å². The van der Waals surface area contributed by atoms with Crippen LogP contribution in [0, 0.1) is 23.2 Å². The van der Waals surface area contributed by atoms with Gasteiger partial charge >= 0.3 is 0 Å². The molecule has 6 rings (SSSR count). The van der Waals surface area contributed by atoms with Crippen molar-refractivity contribution in [2.24, 2.45) is 29.0 Å². The maximum atomic E-state index is 13.4. The number of benzene rings is 1. The quantitative estimate of drug-likeness (QED) is 0.522. The Bertz CT molecular complexity index is 775. The van der Waals surface area contributed by atoms with E-state index in [0.717, 1.165) is 53.5 Å². The third-order valence-electron chi connectivity index (χ3n) is 6.63. The van der Waals surface area contributed by atoms with Crippen LogP contribution in [0.25, 0.3) is 10.8 Å². The molecule has 4 bridgehead atoms. The third-order valence-corrected chi connectivity index (χ3v) is 6.63. The molecule has 4 saturated carbocycles. The summed E-state index contributed by atoms with van der Waals surface area (Å²) in [5, 5.41) is 3.45. The van der Waals surface area contributed by atoms with Gasteiger partial charge in [0.15, 0.2) is 0 Å². The highest BCUT2D eigenvalue weighted by Gasteiger charge is 2.55. The van der Waals surface area contributed by atoms with E-state index in [1.165, 1.54) is 24.3 Å². The molecule has 4 aliphatic rings. The van der Waals surface area contributed by atoms with E-state index >= 15 is 0 Å². The molecule has 4 fully saturated rings. The molecule has 2 N–H and O–H groups in total. The number of aromatic nitrogens is 1. The van der Waals surface area contributed by atoms with E-state index < -0.39 is 0 Å². The Morgan fingerprint density at radius 1 is 1.08 bits per heavy atom. The number of fused-ring (bicyclic) bond motifs is 1. The number of hydrogen-bond acceptors (Lipinski definition) is 3. The minimum absolute atomic E-state index is 0.130. The van der Waals surface area contributed by atoms with Crippen molar-refractivity contribution >= 4 is 22.4 Å². The third kappa shape index (κ3) is 2.02. The summed E-state index contributed by atoms with van der Waals surface area (Å²) < 4.78 is 0. The van der Waals surface area contributed by atoms with Crippen molar-refractivity contribution in [3.8, 4) is 0 Å². The minimum Gasteiger partial charge on any atom is -0.272 e. The van der Waals surface area contributed by atoms with Crippen molar-refractivity contribution in [3.63, 3.8) is 0 Å². The van der Waals surface area contributed by atoms with Crippen molar-refractivity contribution < 1.29 is 4.79 Å². The zero-order chi connectivity index (χ0) is 16.3. The molecule has 0 atom stereocenters. The number of nitrogens with zero attached hydrogens (tertiary/aromatic N) is 2. The minimum atomic E-state index is -0.210. The molecule has 2 aromatic rings. The zero-order valence-corrected chi connectivity index (χ0v) is 13.8. The van der Waals surface area contributed by atoms with E-state index in [2.05, 4.69) is 4.98 Å². The predicted molar refractivity (Wildman–Crippen MR) is 94.0 cm³/mol. The molecule has 124 valence electrons. The summed E-state index contributed by atoms with van der Waals surface area (Å²) in [7, 11) is 0. The molecule has 0 radical (unpaired) electrons. The largest absolute Gasteiger partial charge is 0.272 e. The average molecular weight is 321 g/mol. The van der Waals surface area contributed by atoms with Gasteiger partial charge in [0, 0.05) is 23.2 Å². The fourth-order valence-electron chi connectivity index (χ4n) is 6.05. The number of carbonyl (C=O) groups excluding carboxylic acids is 1. The number of anilines is 1. The number of hydrazine groups is 1. The van der Waals surface area contributed by atoms with Crippen molar-refractivity contribution in [3.05, 3.63) is 36.7 Å². The maximum absolute atomic E-state index is 13.4. The van der Waals surface area contributed by atoms with Gasteiger partial charge in [-0.25, -0.2) is 10.9 Å². The smallest absolute Gasteiger partial charge is 0.247 e. The summed E-state index contributed by atoms with van der Waals surface area (Å²) in [6.45, 7) is 0. The van der Waals surface area contributed by atoms with Gasteiger partial charge < -0.3 is 0 Å². The standard InChI is InChI=1S/C20H23N3O/c21-23(18-3-1-2-16-12-22-5-4-17(16)18)19(24)20-9-13-6-14(10-20)8-15(7-13)11-20/h1-5,12-15H,6-11,21H2. The zero-order valence-electron chi connectivity index (χ0n) is 13.8. The van der Waals surface area contributed by atoms with E-state index in [4.69, 9.17) is 5.84 Å². The van der Waals surface area contributed by atoms with Gasteiger partial charge in [0.2, 0.25) is 5.91 Å². The highest BCUT2D eigenvalue weighted by molar-refractivity contribution is 6.04. The van der Waals surface area contributed by atoms with E-state index in [1.807, 2.05) is 30.5 Å². The molecule has 1 aromatic carbocycles. The lowest BCUT2D eigenvalue weighted by molar-refractivity contribution is -0.143. The molecule has 0 aliphatic heterocycles. The summed E-state index contributed by atoms with van der Waals surface area (Å²) in [6, 6.07) is 7.85. The van der Waals surface area contributed by atoms with Crippen molar-refractivity contribution in [2.75, 3.05) is 5.01 Å². The van der Waals surface area contributed by atoms with Gasteiger partial charge in [-0.05, 0) is 68.4 Å². The topological polar surface area (TPSA) is 59.2 Å². The summed E-state index contributed by atoms with van der Waals surface area (Å²) in [5.74, 6) is 8.74. The number of nitrogens with two attached hydrogens (primary N) is 1. The van der Waals surface area contributed by atoms with Crippen LogP contribution in [0.5, 0.6) is 0 Å². The van der Waals surface area contributed by atoms with Gasteiger partial charge in [-0.15, -0.1) is 0 Å². The summed E-state index contributed by atoms with van der Waals surface area (Å²) in [6.07, 6.45) is 10.7. The van der Waals surface area contributed by atoms with Crippen LogP contribution in [-0.2, 0) is 4.79 Å². The Morgan fingerprint density at radius 3 is 2.42 bits per heavy atom. The molecular weight excluding hydrogens is 298 g/mol. The molecule has 1 amide bonds. The number of hydrogen-bond donors (Lipinski definition) is 1. The molecule has 4 nitrogen and oxygen atoms in total. The monoisotopic (exact) mass is 321 g/mol. The van der Waals surface area contributed by atoms with E-state index in [0.29, 0.717) is 0 Å². The van der Waals surface area contributed by atoms with E-state index in [-0.39, 0.29) is 11.3 Å². The number of amides is 1. The summed E-state index contributed by atoms with van der Waals surface area (Å²) in [4.78, 5) is 17.6. The predicted octanol–water partition coefficient (Wildman–Crippen LogP) is 3.66. The fourth-order valence-corrected chi connectivity index (χ4v) is 6.05. The lowest BCUT2D eigenvalue weighted by Gasteiger charge is -2.56. The Morgan fingerprint density at radius 2 is 1.75 bits per heavy atom. The number of pyridine rings is 1. The van der Waals surface area contributed by atoms with Crippen molar-refractivity contribution in [1.82, 2.24) is 4.98 Å². The van der Waals surface area contributed by atoms with Crippen LogP contribution in [0.2, 0.25) is 0 Å². The van der Waals surface area contributed by atoms with Gasteiger partial charge in [0.25, 0.3) is 0 Å². The second-order valence-corrected chi connectivity index (χ2v) is 8.25. The Kier molecular flexibility index (Phi) is 3.02. The number of rotatable bonds is 2. The van der Waals surface area contributed by atoms with Crippen LogP contribution >= 0.6 is 0 Å². The van der Waals surface area contributed by atoms with Gasteiger partial charge in [-0.2, -0.15) is 0 Å². The first kappa shape index (κ1) is 14.4. The molecule has 4 heteroatoms. The second-order valence-electron chi connectivity index (χ2n) is 8.25. The van der Waals surface area contributed by atoms with E-state index in [9.17, 15) is 4.79 Å². The molecule has 24 heavy (non-hydrogen) atoms. The highest BCUT2D eigenvalue weighted by atomic mass is 16.2. The summed E-state index contributed by atoms with van der Waals surface area (Å²) >= 11 is 0. The lowest BCUT2D eigenvalue weighted by Crippen LogP contribution is -2.56. The van der Waals surface area contributed by atoms with Gasteiger partial charge in [0.1, 0.15) is 0 Å². The number of carbonyl (C=O) groups is 1. The lowest BCUT2D eigenvalue weighted by atomic mass is 9.49. The molecular formula is C20H23N3O. The molecule has 1 heterocycles. The normalized spacial score (nSPS) is 33.8. The molecule has 0 spiro atoms. The van der Waals surface area contributed by atoms with Crippen LogP contribution < -0.4 is 10.9 Å². The molecule has 0 saturated heterocycles. The van der Waals surface area contributed by atoms with Crippen LogP contribution in [0.3, 0.4) is 0 Å². The van der Waals surface area contributed by atoms with Crippen molar-refractivity contribution in [1.29, 1.82) is 0 Å². The van der Waals surface area contributed by atoms with Crippen molar-refractivity contribution in [2.45, 2.75) is 38.5 Å². The van der Waals surface area contributed by atoms with Gasteiger partial charge in [-0.1, -0.05) is 12.1 Å². The molecule has 1 aromatic heterocycles. The summed E-state index contributed by atoms with van der Waals surface area (Å²) in [5.41, 5.74) is 0.592. The van der Waals surface area contributed by atoms with Crippen LogP contribution in [0.15, 0.2) is 36.7 Å². The van der Waals surface area contributed by atoms with E-state index in [1.54, 1.807) is 6.20 Å². The molecule has 4 aliphatic carbocycles. The first-order valence-electron chi connectivity index (χ1n) is 9.07. The first-order valence-corrected chi connectivity index (χ1v) is 9.07. The average Bonchev–Trinajstić information content (AvgIpc) is 2.59. The van der Waals surface area contributed by atoms with Crippen LogP contribution in [-0.4, -0.2) is 10.9 Å². The van der Waals surface area contributed by atoms with Gasteiger partial charge in [0.05, 0.1) is 11.1 Å². The SMILES string of the molecule is NN(C(=O)C12CC3CC(CC(C3)C1)C2)c1cccc2cnccc12. The fraction of sp³-hybridized carbons (Fsp3) is 0.500. The van der Waals surface area contributed by atoms with Crippen LogP contribution in [0.1, 0.15) is 38.5 Å². The van der Waals surface area contributed by atoms with Crippen LogP contribution in [0.4, 0.5) is 5.69 Å². The molecule has 0 unspecified atom stereocenters. The Balaban J connectivity index is 1.52.